The summed E-state index contributed by atoms with van der Waals surface area (Å²) < 4.78 is 4.95. The predicted molar refractivity (Wildman–Crippen MR) is 88.1 cm³/mol. The third kappa shape index (κ3) is 2.80. The van der Waals surface area contributed by atoms with Gasteiger partial charge in [0.15, 0.2) is 23.0 Å². The van der Waals surface area contributed by atoms with E-state index in [1.165, 1.54) is 30.3 Å². The molecular weight excluding hydrogens is 344 g/mol. The van der Waals surface area contributed by atoms with Crippen molar-refractivity contribution in [2.24, 2.45) is 0 Å². The van der Waals surface area contributed by atoms with Crippen LogP contribution >= 0.6 is 0 Å². The zero-order chi connectivity index (χ0) is 19.0. The van der Waals surface area contributed by atoms with Crippen LogP contribution in [0.3, 0.4) is 0 Å². The van der Waals surface area contributed by atoms with Crippen molar-refractivity contribution in [3.05, 3.63) is 65.1 Å². The van der Waals surface area contributed by atoms with Crippen molar-refractivity contribution in [2.45, 2.75) is 0 Å². The van der Waals surface area contributed by atoms with Gasteiger partial charge in [0.05, 0.1) is 0 Å². The van der Waals surface area contributed by atoms with Crippen molar-refractivity contribution in [1.82, 2.24) is 0 Å². The zero-order valence-electron chi connectivity index (χ0n) is 13.0. The van der Waals surface area contributed by atoms with Crippen LogP contribution < -0.4 is 0 Å². The Morgan fingerprint density at radius 3 is 2.12 bits per heavy atom. The Hall–Kier alpha value is -3.94. The molecule has 132 valence electrons. The number of benzene rings is 2. The number of aliphatic hydroxyl groups is 1. The number of hydrogen-bond acceptors (Lipinski definition) is 7. The van der Waals surface area contributed by atoms with Gasteiger partial charge in [-0.05, 0) is 35.4 Å². The number of carboxylic acids is 1. The van der Waals surface area contributed by atoms with Gasteiger partial charge in [0.2, 0.25) is 0 Å². The van der Waals surface area contributed by atoms with Gasteiger partial charge < -0.3 is 30.3 Å². The van der Waals surface area contributed by atoms with E-state index in [0.29, 0.717) is 0 Å². The molecule has 0 fully saturated rings. The van der Waals surface area contributed by atoms with E-state index >= 15 is 0 Å². The molecular formula is C18H12O8. The number of aliphatic hydroxyl groups excluding tert-OH is 1. The van der Waals surface area contributed by atoms with Gasteiger partial charge in [0, 0.05) is 0 Å². The Morgan fingerprint density at radius 2 is 1.54 bits per heavy atom. The average Bonchev–Trinajstić information content (AvgIpc) is 2.86. The quantitative estimate of drug-likeness (QED) is 0.319. The van der Waals surface area contributed by atoms with Crippen molar-refractivity contribution in [3.8, 4) is 17.2 Å². The van der Waals surface area contributed by atoms with Crippen LogP contribution in [0.4, 0.5) is 0 Å². The van der Waals surface area contributed by atoms with Crippen molar-refractivity contribution in [1.29, 1.82) is 0 Å². The summed E-state index contributed by atoms with van der Waals surface area (Å²) in [7, 11) is 0. The highest BCUT2D eigenvalue weighted by Gasteiger charge is 2.36. The monoisotopic (exact) mass is 356 g/mol. The normalized spacial score (nSPS) is 15.8. The van der Waals surface area contributed by atoms with Crippen LogP contribution in [0.2, 0.25) is 0 Å². The fourth-order valence-corrected chi connectivity index (χ4v) is 2.49. The lowest BCUT2D eigenvalue weighted by Crippen LogP contribution is -2.06. The highest BCUT2D eigenvalue weighted by atomic mass is 16.6. The van der Waals surface area contributed by atoms with Gasteiger partial charge in [0.1, 0.15) is 16.9 Å². The molecule has 1 aliphatic rings. The summed E-state index contributed by atoms with van der Waals surface area (Å²) in [4.78, 5) is 23.8. The summed E-state index contributed by atoms with van der Waals surface area (Å²) >= 11 is 0. The second-order valence-corrected chi connectivity index (χ2v) is 5.37. The first-order valence-corrected chi connectivity index (χ1v) is 7.24. The van der Waals surface area contributed by atoms with Crippen LogP contribution in [0.5, 0.6) is 17.2 Å². The number of rotatable bonds is 3. The lowest BCUT2D eigenvalue weighted by atomic mass is 10.0. The molecule has 8 heteroatoms. The predicted octanol–water partition coefficient (Wildman–Crippen LogP) is 2.13. The fraction of sp³-hybridized carbons (Fsp3) is 0. The maximum Gasteiger partial charge on any atom is 0.348 e. The Balaban J connectivity index is 2.20. The van der Waals surface area contributed by atoms with Gasteiger partial charge in [-0.2, -0.15) is 0 Å². The van der Waals surface area contributed by atoms with Crippen LogP contribution in [0.25, 0.3) is 11.1 Å². The van der Waals surface area contributed by atoms with E-state index in [4.69, 9.17) is 4.74 Å². The van der Waals surface area contributed by atoms with Gasteiger partial charge in [0.25, 0.3) is 0 Å². The van der Waals surface area contributed by atoms with Crippen LogP contribution in [-0.2, 0) is 14.3 Å². The SMILES string of the molecule is O=C1O/C(=C(/C(=O)O)c2ccc(O)cc2)C(O)=C1c1ccc(O)c(O)c1. The molecule has 26 heavy (non-hydrogen) atoms. The Bertz CT molecular complexity index is 983. The van der Waals surface area contributed by atoms with E-state index in [-0.39, 0.29) is 22.4 Å². The van der Waals surface area contributed by atoms with Crippen LogP contribution in [-0.4, -0.2) is 37.5 Å². The van der Waals surface area contributed by atoms with Crippen LogP contribution in [0, 0.1) is 0 Å². The Labute approximate surface area is 146 Å². The second-order valence-electron chi connectivity index (χ2n) is 5.37. The molecule has 3 rings (SSSR count). The average molecular weight is 356 g/mol. The number of ether oxygens (including phenoxy) is 1. The lowest BCUT2D eigenvalue weighted by Gasteiger charge is -2.07. The molecule has 0 atom stereocenters. The Morgan fingerprint density at radius 1 is 0.885 bits per heavy atom. The lowest BCUT2D eigenvalue weighted by molar-refractivity contribution is -0.131. The first-order chi connectivity index (χ1) is 12.3. The van der Waals surface area contributed by atoms with E-state index in [9.17, 15) is 35.1 Å². The number of cyclic esters (lactones) is 1. The standard InChI is InChI=1S/C18H12O8/c19-10-4-1-8(2-5-10)14(17(23)24)16-15(22)13(18(25)26-16)9-3-6-11(20)12(21)7-9/h1-7,19-22H,(H,23,24)/b16-14+. The summed E-state index contributed by atoms with van der Waals surface area (Å²) in [5.41, 5.74) is -0.700. The molecule has 1 heterocycles. The fourth-order valence-electron chi connectivity index (χ4n) is 2.49. The number of phenolic OH excluding ortho intramolecular Hbond substituents is 3. The molecule has 8 nitrogen and oxygen atoms in total. The topological polar surface area (TPSA) is 145 Å². The van der Waals surface area contributed by atoms with Gasteiger partial charge >= 0.3 is 11.9 Å². The molecule has 0 spiro atoms. The minimum Gasteiger partial charge on any atom is -0.508 e. The first kappa shape index (κ1) is 16.9. The molecule has 5 N–H and O–H groups in total. The van der Waals surface area contributed by atoms with E-state index in [1.54, 1.807) is 0 Å². The molecule has 0 amide bonds. The van der Waals surface area contributed by atoms with Crippen LogP contribution in [0.15, 0.2) is 54.0 Å². The summed E-state index contributed by atoms with van der Waals surface area (Å²) in [5, 5.41) is 48.1. The van der Waals surface area contributed by atoms with Crippen molar-refractivity contribution < 1.29 is 39.9 Å². The third-order valence-corrected chi connectivity index (χ3v) is 3.71. The number of carbonyl (C=O) groups excluding carboxylic acids is 1. The molecule has 0 saturated heterocycles. The number of aliphatic carboxylic acids is 1. The molecule has 2 aromatic rings. The van der Waals surface area contributed by atoms with E-state index < -0.39 is 40.5 Å². The maximum absolute atomic E-state index is 12.2. The molecule has 0 bridgehead atoms. The van der Waals surface area contributed by atoms with Gasteiger partial charge in [-0.3, -0.25) is 0 Å². The summed E-state index contributed by atoms with van der Waals surface area (Å²) in [6.07, 6.45) is 0. The largest absolute Gasteiger partial charge is 0.508 e. The summed E-state index contributed by atoms with van der Waals surface area (Å²) in [5.74, 6) is -4.79. The highest BCUT2D eigenvalue weighted by molar-refractivity contribution is 6.25. The molecule has 1 aliphatic heterocycles. The van der Waals surface area contributed by atoms with Crippen LogP contribution in [0.1, 0.15) is 11.1 Å². The smallest absolute Gasteiger partial charge is 0.348 e. The molecule has 2 aromatic carbocycles. The third-order valence-electron chi connectivity index (χ3n) is 3.71. The van der Waals surface area contributed by atoms with Gasteiger partial charge in [-0.25, -0.2) is 9.59 Å². The highest BCUT2D eigenvalue weighted by Crippen LogP contribution is 2.38. The van der Waals surface area contributed by atoms with Gasteiger partial charge in [-0.1, -0.05) is 18.2 Å². The maximum atomic E-state index is 12.2. The summed E-state index contributed by atoms with van der Waals surface area (Å²) in [6, 6.07) is 8.47. The second kappa shape index (κ2) is 6.17. The summed E-state index contributed by atoms with van der Waals surface area (Å²) in [6.45, 7) is 0. The van der Waals surface area contributed by atoms with E-state index in [2.05, 4.69) is 0 Å². The molecule has 0 saturated carbocycles. The molecule has 0 aromatic heterocycles. The minimum atomic E-state index is -1.46. The first-order valence-electron chi connectivity index (χ1n) is 7.24. The number of esters is 1. The van der Waals surface area contributed by atoms with Crippen molar-refractivity contribution >= 4 is 23.1 Å². The van der Waals surface area contributed by atoms with Gasteiger partial charge in [-0.15, -0.1) is 0 Å². The number of aromatic hydroxyl groups is 3. The van der Waals surface area contributed by atoms with E-state index in [0.717, 1.165) is 12.1 Å². The minimum absolute atomic E-state index is 0.0354. The number of phenols is 3. The molecule has 0 unspecified atom stereocenters. The van der Waals surface area contributed by atoms with Crippen molar-refractivity contribution in [2.75, 3.05) is 0 Å². The number of carbonyl (C=O) groups is 2. The zero-order valence-corrected chi connectivity index (χ0v) is 13.0. The molecule has 0 aliphatic carbocycles. The molecule has 0 radical (unpaired) electrons. The Kier molecular flexibility index (Phi) is 4.01. The number of carboxylic acid groups (broad SMARTS) is 1. The number of hydrogen-bond donors (Lipinski definition) is 5. The van der Waals surface area contributed by atoms with Crippen molar-refractivity contribution in [3.63, 3.8) is 0 Å². The van der Waals surface area contributed by atoms with E-state index in [1.807, 2.05) is 0 Å².